The summed E-state index contributed by atoms with van der Waals surface area (Å²) in [5.74, 6) is 0. The molecule has 1 aromatic heterocycles. The van der Waals surface area contributed by atoms with E-state index in [0.29, 0.717) is 6.32 Å². The largest absolute Gasteiger partial charge is 0.451 e. The summed E-state index contributed by atoms with van der Waals surface area (Å²) in [7, 11) is -1.10. The van der Waals surface area contributed by atoms with Crippen molar-refractivity contribution in [2.45, 2.75) is 26.2 Å². The third-order valence-corrected chi connectivity index (χ3v) is 1.45. The van der Waals surface area contributed by atoms with Crippen molar-refractivity contribution in [2.75, 3.05) is 0 Å². The molecule has 15 heavy (non-hydrogen) atoms. The molecule has 0 saturated heterocycles. The van der Waals surface area contributed by atoms with E-state index in [1.165, 1.54) is 0 Å². The lowest BCUT2D eigenvalue weighted by molar-refractivity contribution is 0.404. The van der Waals surface area contributed by atoms with Crippen LogP contribution in [0.3, 0.4) is 0 Å². The lowest BCUT2D eigenvalue weighted by Crippen LogP contribution is -2.08. The van der Waals surface area contributed by atoms with Crippen LogP contribution in [0.15, 0.2) is 31.4 Å². The Labute approximate surface area is 102 Å². The molecule has 6 heteroatoms. The Hall–Kier alpha value is -0.585. The van der Waals surface area contributed by atoms with Crippen LogP contribution >= 0.6 is 17.0 Å². The maximum Gasteiger partial charge on any atom is 0.451 e. The van der Waals surface area contributed by atoms with Crippen LogP contribution in [0.2, 0.25) is 6.32 Å². The van der Waals surface area contributed by atoms with Crippen molar-refractivity contribution in [3.8, 4) is 0 Å². The Kier molecular flexibility index (Phi) is 12.9. The van der Waals surface area contributed by atoms with Gasteiger partial charge in [0.2, 0.25) is 0 Å². The van der Waals surface area contributed by atoms with Gasteiger partial charge in [0.15, 0.2) is 0 Å². The van der Waals surface area contributed by atoms with Gasteiger partial charge in [-0.2, -0.15) is 0 Å². The van der Waals surface area contributed by atoms with E-state index >= 15 is 0 Å². The van der Waals surface area contributed by atoms with E-state index in [-0.39, 0.29) is 17.0 Å². The Morgan fingerprint density at radius 3 is 2.47 bits per heavy atom. The second-order valence-electron chi connectivity index (χ2n) is 2.82. The van der Waals surface area contributed by atoms with Gasteiger partial charge < -0.3 is 14.6 Å². The molecule has 1 rings (SSSR count). The number of hydrogen-bond acceptors (Lipinski definition) is 3. The molecule has 2 N–H and O–H groups in total. The predicted molar refractivity (Wildman–Crippen MR) is 68.0 cm³/mol. The second-order valence-corrected chi connectivity index (χ2v) is 2.82. The van der Waals surface area contributed by atoms with E-state index in [0.717, 1.165) is 13.0 Å². The SMILES string of the molecule is Br.C=CCn1ccnc1.CCCB(O)O. The fraction of sp³-hybridized carbons (Fsp3) is 0.444. The molecule has 0 fully saturated rings. The van der Waals surface area contributed by atoms with Crippen LogP contribution in [0.25, 0.3) is 0 Å². The average molecular weight is 277 g/mol. The van der Waals surface area contributed by atoms with Crippen LogP contribution in [0, 0.1) is 0 Å². The molecule has 0 unspecified atom stereocenters. The van der Waals surface area contributed by atoms with Crippen molar-refractivity contribution in [1.29, 1.82) is 0 Å². The van der Waals surface area contributed by atoms with Crippen molar-refractivity contribution in [3.05, 3.63) is 31.4 Å². The summed E-state index contributed by atoms with van der Waals surface area (Å²) in [5.41, 5.74) is 0. The molecule has 0 spiro atoms. The molecule has 86 valence electrons. The van der Waals surface area contributed by atoms with E-state index in [2.05, 4.69) is 11.6 Å². The average Bonchev–Trinajstić information content (AvgIpc) is 2.58. The molecule has 0 aromatic carbocycles. The zero-order chi connectivity index (χ0) is 10.8. The van der Waals surface area contributed by atoms with Gasteiger partial charge in [-0.3, -0.25) is 0 Å². The zero-order valence-electron chi connectivity index (χ0n) is 8.91. The van der Waals surface area contributed by atoms with Crippen molar-refractivity contribution in [1.82, 2.24) is 9.55 Å². The topological polar surface area (TPSA) is 58.3 Å². The number of imidazole rings is 1. The third-order valence-electron chi connectivity index (χ3n) is 1.45. The van der Waals surface area contributed by atoms with Gasteiger partial charge in [-0.05, 0) is 6.32 Å². The van der Waals surface area contributed by atoms with Crippen LogP contribution in [0.5, 0.6) is 0 Å². The van der Waals surface area contributed by atoms with Gasteiger partial charge in [-0.25, -0.2) is 4.98 Å². The number of halogens is 1. The van der Waals surface area contributed by atoms with Crippen LogP contribution < -0.4 is 0 Å². The molecule has 0 bridgehead atoms. The summed E-state index contributed by atoms with van der Waals surface area (Å²) in [6.07, 6.45) is 8.58. The highest BCUT2D eigenvalue weighted by Crippen LogP contribution is 1.86. The maximum atomic E-state index is 8.11. The van der Waals surface area contributed by atoms with E-state index < -0.39 is 7.12 Å². The highest BCUT2D eigenvalue weighted by Gasteiger charge is 2.00. The highest BCUT2D eigenvalue weighted by atomic mass is 79.9. The van der Waals surface area contributed by atoms with Gasteiger partial charge in [-0.1, -0.05) is 19.4 Å². The smallest absolute Gasteiger partial charge is 0.427 e. The Bertz CT molecular complexity index is 230. The Morgan fingerprint density at radius 1 is 1.53 bits per heavy atom. The summed E-state index contributed by atoms with van der Waals surface area (Å²) < 4.78 is 1.95. The zero-order valence-corrected chi connectivity index (χ0v) is 10.6. The minimum atomic E-state index is -1.10. The molecule has 1 heterocycles. The summed E-state index contributed by atoms with van der Waals surface area (Å²) in [6, 6.07) is 0. The summed E-state index contributed by atoms with van der Waals surface area (Å²) in [5, 5.41) is 16.2. The molecule has 0 radical (unpaired) electrons. The fourth-order valence-corrected chi connectivity index (χ4v) is 0.802. The normalized spacial score (nSPS) is 8.20. The second kappa shape index (κ2) is 11.5. The molecule has 0 aliphatic carbocycles. The van der Waals surface area contributed by atoms with E-state index in [1.54, 1.807) is 12.5 Å². The molecule has 0 aliphatic heterocycles. The molecule has 0 saturated carbocycles. The Balaban J connectivity index is 0. The third kappa shape index (κ3) is 11.3. The van der Waals surface area contributed by atoms with Crippen molar-refractivity contribution < 1.29 is 10.0 Å². The van der Waals surface area contributed by atoms with Gasteiger partial charge in [0.25, 0.3) is 0 Å². The molecule has 1 aromatic rings. The van der Waals surface area contributed by atoms with E-state index in [1.807, 2.05) is 23.8 Å². The van der Waals surface area contributed by atoms with E-state index in [9.17, 15) is 0 Å². The van der Waals surface area contributed by atoms with Crippen molar-refractivity contribution in [2.24, 2.45) is 0 Å². The van der Waals surface area contributed by atoms with Crippen molar-refractivity contribution >= 4 is 24.1 Å². The molecular weight excluding hydrogens is 259 g/mol. The monoisotopic (exact) mass is 276 g/mol. The van der Waals surface area contributed by atoms with Crippen LogP contribution in [0.4, 0.5) is 0 Å². The van der Waals surface area contributed by atoms with Gasteiger partial charge in [0.05, 0.1) is 6.33 Å². The van der Waals surface area contributed by atoms with Gasteiger partial charge in [-0.15, -0.1) is 23.6 Å². The first-order valence-electron chi connectivity index (χ1n) is 4.63. The van der Waals surface area contributed by atoms with Crippen LogP contribution in [-0.4, -0.2) is 26.7 Å². The summed E-state index contributed by atoms with van der Waals surface area (Å²) >= 11 is 0. The molecular formula is C9H18BBrN2O2. The molecule has 4 nitrogen and oxygen atoms in total. The van der Waals surface area contributed by atoms with Gasteiger partial charge in [0.1, 0.15) is 0 Å². The summed E-state index contributed by atoms with van der Waals surface area (Å²) in [4.78, 5) is 3.86. The molecule has 0 atom stereocenters. The highest BCUT2D eigenvalue weighted by molar-refractivity contribution is 8.93. The van der Waals surface area contributed by atoms with Crippen LogP contribution in [0.1, 0.15) is 13.3 Å². The number of rotatable bonds is 4. The lowest BCUT2D eigenvalue weighted by atomic mass is 9.85. The number of nitrogens with zero attached hydrogens (tertiary/aromatic N) is 2. The standard InChI is InChI=1S/C6H8N2.C3H9BO2.BrH/c1-2-4-8-5-3-7-6-8;1-2-3-4(5)6;/h2-3,5-6H,1,4H2;5-6H,2-3H2,1H3;1H. The van der Waals surface area contributed by atoms with E-state index in [4.69, 9.17) is 10.0 Å². The predicted octanol–water partition coefficient (Wildman–Crippen LogP) is 1.52. The number of hydrogen-bond donors (Lipinski definition) is 2. The number of aromatic nitrogens is 2. The Morgan fingerprint density at radius 2 is 2.20 bits per heavy atom. The van der Waals surface area contributed by atoms with Crippen molar-refractivity contribution in [3.63, 3.8) is 0 Å². The number of allylic oxidation sites excluding steroid dienone is 1. The summed E-state index contributed by atoms with van der Waals surface area (Å²) in [6.45, 7) is 6.34. The first-order chi connectivity index (χ1) is 6.70. The quantitative estimate of drug-likeness (QED) is 0.648. The molecule has 0 amide bonds. The first-order valence-corrected chi connectivity index (χ1v) is 4.63. The van der Waals surface area contributed by atoms with Gasteiger partial charge >= 0.3 is 7.12 Å². The molecule has 0 aliphatic rings. The van der Waals surface area contributed by atoms with Crippen LogP contribution in [-0.2, 0) is 6.54 Å². The lowest BCUT2D eigenvalue weighted by Gasteiger charge is -1.89. The first kappa shape index (κ1) is 16.8. The minimum Gasteiger partial charge on any atom is -0.427 e. The fourth-order valence-electron chi connectivity index (χ4n) is 0.802. The maximum absolute atomic E-state index is 8.11. The minimum absolute atomic E-state index is 0. The van der Waals surface area contributed by atoms with Gasteiger partial charge in [0, 0.05) is 18.9 Å².